The topological polar surface area (TPSA) is 93.1 Å². The van der Waals surface area contributed by atoms with E-state index in [1.165, 1.54) is 13.8 Å². The maximum absolute atomic E-state index is 14.1. The average Bonchev–Trinajstić information content (AvgIpc) is 3.43. The summed E-state index contributed by atoms with van der Waals surface area (Å²) in [5.41, 5.74) is 1.50. The molecule has 0 aromatic carbocycles. The lowest BCUT2D eigenvalue weighted by Crippen LogP contribution is -2.51. The Morgan fingerprint density at radius 1 is 1.24 bits per heavy atom. The van der Waals surface area contributed by atoms with Gasteiger partial charge in [-0.25, -0.2) is 0 Å². The third kappa shape index (κ3) is 4.29. The third-order valence-electron chi connectivity index (χ3n) is 9.47. The van der Waals surface area contributed by atoms with E-state index in [1.807, 2.05) is 20.0 Å². The Hall–Kier alpha value is -2.67. The Kier molecular flexibility index (Phi) is 7.32. The third-order valence-corrected chi connectivity index (χ3v) is 9.47. The number of fused-ring (bicyclic) bond motifs is 2. The predicted octanol–water partition coefficient (Wildman–Crippen LogP) is 4.84. The second kappa shape index (κ2) is 9.90. The predicted molar refractivity (Wildman–Crippen MR) is 141 cm³/mol. The SMILES string of the molecule is C=C1CCC2C3=C(C(OC(C)=O)C[C@]12C)[C@@](C)(C(C)COC)C(/C(=C\N1CCCC1)C(C)=O)=C(O)C3=O. The largest absolute Gasteiger partial charge is 0.504 e. The van der Waals surface area contributed by atoms with Gasteiger partial charge in [-0.05, 0) is 61.9 Å². The number of allylic oxidation sites excluding steroid dienone is 4. The van der Waals surface area contributed by atoms with Crippen molar-refractivity contribution in [3.05, 3.63) is 46.4 Å². The van der Waals surface area contributed by atoms with E-state index in [0.717, 1.165) is 44.3 Å². The summed E-state index contributed by atoms with van der Waals surface area (Å²) in [6, 6.07) is 0. The summed E-state index contributed by atoms with van der Waals surface area (Å²) in [6.45, 7) is 15.2. The minimum atomic E-state index is -0.980. The van der Waals surface area contributed by atoms with Gasteiger partial charge in [0.2, 0.25) is 5.78 Å². The molecule has 1 N–H and O–H groups in total. The summed E-state index contributed by atoms with van der Waals surface area (Å²) in [5, 5.41) is 11.7. The number of aliphatic hydroxyl groups is 1. The summed E-state index contributed by atoms with van der Waals surface area (Å²) in [4.78, 5) is 41.7. The second-order valence-electron chi connectivity index (χ2n) is 11.7. The van der Waals surface area contributed by atoms with E-state index in [0.29, 0.717) is 35.3 Å². The highest BCUT2D eigenvalue weighted by Gasteiger charge is 2.60. The van der Waals surface area contributed by atoms with Gasteiger partial charge in [0.1, 0.15) is 6.10 Å². The monoisotopic (exact) mass is 511 g/mol. The Morgan fingerprint density at radius 2 is 1.89 bits per heavy atom. The highest BCUT2D eigenvalue weighted by atomic mass is 16.5. The van der Waals surface area contributed by atoms with Gasteiger partial charge in [0, 0.05) is 62.1 Å². The molecule has 0 bridgehead atoms. The number of hydrogen-bond acceptors (Lipinski definition) is 7. The van der Waals surface area contributed by atoms with Crippen LogP contribution in [0.1, 0.15) is 66.7 Å². The number of Topliss-reactive ketones (excluding diaryl/α,β-unsaturated/α-hetero) is 2. The van der Waals surface area contributed by atoms with Crippen LogP contribution in [-0.4, -0.2) is 60.5 Å². The minimum absolute atomic E-state index is 0.143. The number of nitrogens with zero attached hydrogens (tertiary/aromatic N) is 1. The molecule has 2 fully saturated rings. The van der Waals surface area contributed by atoms with Crippen LogP contribution in [0.2, 0.25) is 0 Å². The number of rotatable bonds is 7. The molecule has 7 heteroatoms. The fourth-order valence-corrected chi connectivity index (χ4v) is 7.30. The standard InChI is InChI=1S/C30H41NO6/c1-17-10-11-22-24-26(23(37-20(4)33)14-29(17,22)5)30(6,18(2)16-36-7)25(28(35)27(24)34)21(19(3)32)15-31-12-8-9-13-31/h15,18,22-23,35H,1,8-14,16H2,2-7H3/b21-15-/t18?,22?,23?,29-,30+/m1/s1. The van der Waals surface area contributed by atoms with E-state index < -0.39 is 28.7 Å². The number of ketones is 2. The number of hydrogen-bond donors (Lipinski definition) is 1. The molecule has 4 rings (SSSR count). The Morgan fingerprint density at radius 3 is 2.46 bits per heavy atom. The van der Waals surface area contributed by atoms with Gasteiger partial charge < -0.3 is 19.5 Å². The number of aliphatic hydroxyl groups excluding tert-OH is 1. The second-order valence-corrected chi connectivity index (χ2v) is 11.7. The molecule has 1 saturated carbocycles. The lowest BCUT2D eigenvalue weighted by atomic mass is 9.52. The Balaban J connectivity index is 2.02. The van der Waals surface area contributed by atoms with Crippen molar-refractivity contribution in [2.45, 2.75) is 72.8 Å². The molecule has 37 heavy (non-hydrogen) atoms. The molecule has 3 aliphatic carbocycles. The van der Waals surface area contributed by atoms with Gasteiger partial charge >= 0.3 is 5.97 Å². The van der Waals surface area contributed by atoms with Crippen LogP contribution in [0.25, 0.3) is 0 Å². The van der Waals surface area contributed by atoms with E-state index in [9.17, 15) is 19.5 Å². The lowest BCUT2D eigenvalue weighted by molar-refractivity contribution is -0.147. The molecule has 0 spiro atoms. The fourth-order valence-electron chi connectivity index (χ4n) is 7.30. The van der Waals surface area contributed by atoms with Gasteiger partial charge in [-0.2, -0.15) is 0 Å². The van der Waals surface area contributed by atoms with Crippen molar-refractivity contribution in [3.63, 3.8) is 0 Å². The molecule has 202 valence electrons. The maximum Gasteiger partial charge on any atom is 0.303 e. The zero-order valence-corrected chi connectivity index (χ0v) is 23.1. The molecular weight excluding hydrogens is 470 g/mol. The number of methoxy groups -OCH3 is 1. The Labute approximate surface area is 220 Å². The van der Waals surface area contributed by atoms with Crippen LogP contribution >= 0.6 is 0 Å². The van der Waals surface area contributed by atoms with E-state index in [4.69, 9.17) is 9.47 Å². The number of ether oxygens (including phenoxy) is 2. The highest BCUT2D eigenvalue weighted by Crippen LogP contribution is 2.64. The van der Waals surface area contributed by atoms with Crippen molar-refractivity contribution in [1.29, 1.82) is 0 Å². The van der Waals surface area contributed by atoms with E-state index in [1.54, 1.807) is 7.11 Å². The van der Waals surface area contributed by atoms with Crippen LogP contribution in [-0.2, 0) is 23.9 Å². The van der Waals surface area contributed by atoms with Crippen molar-refractivity contribution in [2.24, 2.45) is 22.7 Å². The molecule has 7 nitrogen and oxygen atoms in total. The van der Waals surface area contributed by atoms with Gasteiger partial charge in [-0.3, -0.25) is 14.4 Å². The van der Waals surface area contributed by atoms with Crippen molar-refractivity contribution in [1.82, 2.24) is 4.90 Å². The number of likely N-dealkylation sites (tertiary alicyclic amines) is 1. The average molecular weight is 512 g/mol. The summed E-state index contributed by atoms with van der Waals surface area (Å²) in [5.74, 6) is -1.88. The quantitative estimate of drug-likeness (QED) is 0.297. The normalized spacial score (nSPS) is 33.0. The minimum Gasteiger partial charge on any atom is -0.504 e. The van der Waals surface area contributed by atoms with E-state index in [2.05, 4.69) is 18.4 Å². The summed E-state index contributed by atoms with van der Waals surface area (Å²) < 4.78 is 11.5. The molecule has 3 unspecified atom stereocenters. The summed E-state index contributed by atoms with van der Waals surface area (Å²) in [7, 11) is 1.61. The Bertz CT molecular complexity index is 1120. The van der Waals surface area contributed by atoms with Gasteiger partial charge in [0.05, 0.1) is 0 Å². The van der Waals surface area contributed by atoms with Crippen molar-refractivity contribution < 1.29 is 29.0 Å². The lowest BCUT2D eigenvalue weighted by Gasteiger charge is -2.52. The van der Waals surface area contributed by atoms with Gasteiger partial charge in [0.25, 0.3) is 0 Å². The summed E-state index contributed by atoms with van der Waals surface area (Å²) in [6.07, 6.45) is 5.20. The number of carbonyl (C=O) groups excluding carboxylic acids is 3. The number of carbonyl (C=O) groups is 3. The van der Waals surface area contributed by atoms with Crippen LogP contribution in [0, 0.1) is 22.7 Å². The molecular formula is C30H41NO6. The maximum atomic E-state index is 14.1. The van der Waals surface area contributed by atoms with Crippen molar-refractivity contribution in [3.8, 4) is 0 Å². The summed E-state index contributed by atoms with van der Waals surface area (Å²) >= 11 is 0. The first kappa shape index (κ1) is 27.4. The molecule has 0 radical (unpaired) electrons. The van der Waals surface area contributed by atoms with Crippen LogP contribution in [0.15, 0.2) is 46.4 Å². The highest BCUT2D eigenvalue weighted by molar-refractivity contribution is 6.13. The van der Waals surface area contributed by atoms with Gasteiger partial charge in [0.15, 0.2) is 11.5 Å². The zero-order valence-electron chi connectivity index (χ0n) is 23.1. The van der Waals surface area contributed by atoms with Gasteiger partial charge in [-0.1, -0.05) is 32.9 Å². The molecule has 4 aliphatic rings. The first-order valence-corrected chi connectivity index (χ1v) is 13.4. The van der Waals surface area contributed by atoms with E-state index >= 15 is 0 Å². The first-order chi connectivity index (χ1) is 17.4. The fraction of sp³-hybridized carbons (Fsp3) is 0.633. The molecule has 0 amide bonds. The molecule has 0 aromatic heterocycles. The molecule has 1 saturated heterocycles. The van der Waals surface area contributed by atoms with Crippen LogP contribution in [0.5, 0.6) is 0 Å². The zero-order chi connectivity index (χ0) is 27.3. The first-order valence-electron chi connectivity index (χ1n) is 13.4. The molecule has 5 atom stereocenters. The van der Waals surface area contributed by atoms with Gasteiger partial charge in [-0.15, -0.1) is 0 Å². The molecule has 1 heterocycles. The van der Waals surface area contributed by atoms with Crippen LogP contribution in [0.3, 0.4) is 0 Å². The van der Waals surface area contributed by atoms with Crippen molar-refractivity contribution in [2.75, 3.05) is 26.8 Å². The molecule has 1 aliphatic heterocycles. The van der Waals surface area contributed by atoms with E-state index in [-0.39, 0.29) is 23.4 Å². The van der Waals surface area contributed by atoms with Crippen LogP contribution < -0.4 is 0 Å². The smallest absolute Gasteiger partial charge is 0.303 e. The van der Waals surface area contributed by atoms with Crippen molar-refractivity contribution >= 4 is 17.5 Å². The number of esters is 1. The molecule has 0 aromatic rings. The van der Waals surface area contributed by atoms with Crippen LogP contribution in [0.4, 0.5) is 0 Å².